The van der Waals surface area contributed by atoms with Crippen LogP contribution >= 0.6 is 0 Å². The highest BCUT2D eigenvalue weighted by Gasteiger charge is 2.30. The summed E-state index contributed by atoms with van der Waals surface area (Å²) in [4.78, 5) is 25.7. The van der Waals surface area contributed by atoms with Crippen molar-refractivity contribution in [3.8, 4) is 0 Å². The Labute approximate surface area is 153 Å². The van der Waals surface area contributed by atoms with Crippen LogP contribution in [0.2, 0.25) is 0 Å². The second-order valence-corrected chi connectivity index (χ2v) is 7.99. The van der Waals surface area contributed by atoms with E-state index < -0.39 is 22.0 Å². The van der Waals surface area contributed by atoms with Crippen LogP contribution in [-0.4, -0.2) is 68.3 Å². The fourth-order valence-electron chi connectivity index (χ4n) is 2.90. The number of nitrogens with two attached hydrogens (primary N) is 1. The number of hydrogen-bond donors (Lipinski definition) is 1. The molecule has 0 spiro atoms. The van der Waals surface area contributed by atoms with Gasteiger partial charge in [-0.25, -0.2) is 8.42 Å². The molecular weight excluding hydrogens is 358 g/mol. The van der Waals surface area contributed by atoms with E-state index >= 15 is 0 Å². The zero-order chi connectivity index (χ0) is 19.5. The summed E-state index contributed by atoms with van der Waals surface area (Å²) in [5, 5.41) is 0. The van der Waals surface area contributed by atoms with E-state index in [2.05, 4.69) is 0 Å². The highest BCUT2D eigenvalue weighted by Crippen LogP contribution is 2.22. The lowest BCUT2D eigenvalue weighted by atomic mass is 10.1. The van der Waals surface area contributed by atoms with Gasteiger partial charge in [-0.1, -0.05) is 19.9 Å². The van der Waals surface area contributed by atoms with E-state index in [0.29, 0.717) is 25.2 Å². The number of primary amides is 1. The number of aryl methyl sites for hydroxylation is 1. The molecule has 8 nitrogen and oxygen atoms in total. The molecule has 0 aliphatic carbocycles. The number of carbonyl (C=O) groups excluding carboxylic acids is 2. The predicted molar refractivity (Wildman–Crippen MR) is 96.1 cm³/mol. The molecule has 0 saturated carbocycles. The summed E-state index contributed by atoms with van der Waals surface area (Å²) in [6.45, 7) is 6.50. The predicted octanol–water partition coefficient (Wildman–Crippen LogP) is 0.352. The maximum Gasteiger partial charge on any atom is 0.254 e. The van der Waals surface area contributed by atoms with Crippen molar-refractivity contribution < 1.29 is 22.7 Å². The average molecular weight is 383 g/mol. The van der Waals surface area contributed by atoms with E-state index in [9.17, 15) is 18.0 Å². The first-order valence-electron chi connectivity index (χ1n) is 8.53. The maximum absolute atomic E-state index is 12.8. The fraction of sp³-hybridized carbons (Fsp3) is 0.529. The van der Waals surface area contributed by atoms with E-state index in [1.807, 2.05) is 0 Å². The van der Waals surface area contributed by atoms with Crippen LogP contribution in [0.1, 0.15) is 29.8 Å². The smallest absolute Gasteiger partial charge is 0.254 e. The highest BCUT2D eigenvalue weighted by atomic mass is 32.2. The molecule has 1 atom stereocenters. The van der Waals surface area contributed by atoms with Crippen LogP contribution in [-0.2, 0) is 19.6 Å². The van der Waals surface area contributed by atoms with E-state index in [1.54, 1.807) is 32.9 Å². The number of carbonyl (C=O) groups is 2. The van der Waals surface area contributed by atoms with E-state index in [0.717, 1.165) is 0 Å². The van der Waals surface area contributed by atoms with Crippen LogP contribution < -0.4 is 5.73 Å². The Bertz CT molecular complexity index is 790. The third-order valence-electron chi connectivity index (χ3n) is 4.43. The van der Waals surface area contributed by atoms with Gasteiger partial charge in [0.05, 0.1) is 18.0 Å². The normalized spacial score (nSPS) is 18.2. The number of amides is 2. The van der Waals surface area contributed by atoms with Crippen LogP contribution in [0.3, 0.4) is 0 Å². The summed E-state index contributed by atoms with van der Waals surface area (Å²) < 4.78 is 32.2. The van der Waals surface area contributed by atoms with Gasteiger partial charge in [0.15, 0.2) is 6.10 Å². The van der Waals surface area contributed by atoms with Gasteiger partial charge in [0.2, 0.25) is 15.9 Å². The van der Waals surface area contributed by atoms with Gasteiger partial charge in [-0.2, -0.15) is 4.31 Å². The Morgan fingerprint density at radius 3 is 2.54 bits per heavy atom. The number of benzene rings is 1. The van der Waals surface area contributed by atoms with Gasteiger partial charge in [0, 0.05) is 25.2 Å². The molecule has 26 heavy (non-hydrogen) atoms. The van der Waals surface area contributed by atoms with E-state index in [1.165, 1.54) is 15.3 Å². The minimum absolute atomic E-state index is 0.0557. The van der Waals surface area contributed by atoms with Crippen molar-refractivity contribution >= 4 is 21.8 Å². The monoisotopic (exact) mass is 383 g/mol. The molecule has 1 heterocycles. The number of morpholine rings is 1. The zero-order valence-corrected chi connectivity index (χ0v) is 16.1. The molecule has 1 aliphatic heterocycles. The minimum atomic E-state index is -3.68. The lowest BCUT2D eigenvalue weighted by Crippen LogP contribution is -2.50. The summed E-state index contributed by atoms with van der Waals surface area (Å²) >= 11 is 0. The molecule has 1 aromatic carbocycles. The lowest BCUT2D eigenvalue weighted by molar-refractivity contribution is -0.133. The Morgan fingerprint density at radius 2 is 1.96 bits per heavy atom. The quantitative estimate of drug-likeness (QED) is 0.762. The minimum Gasteiger partial charge on any atom is -0.367 e. The third-order valence-corrected chi connectivity index (χ3v) is 6.62. The van der Waals surface area contributed by atoms with Gasteiger partial charge < -0.3 is 15.4 Å². The molecule has 1 aliphatic rings. The Balaban J connectivity index is 2.34. The summed E-state index contributed by atoms with van der Waals surface area (Å²) in [5.41, 5.74) is 6.08. The number of sulfonamides is 1. The van der Waals surface area contributed by atoms with Gasteiger partial charge >= 0.3 is 0 Å². The number of rotatable bonds is 6. The summed E-state index contributed by atoms with van der Waals surface area (Å²) in [6, 6.07) is 4.61. The topological polar surface area (TPSA) is 110 Å². The molecule has 2 amide bonds. The molecule has 2 N–H and O–H groups in total. The first-order chi connectivity index (χ1) is 12.2. The second-order valence-electron chi connectivity index (χ2n) is 6.08. The van der Waals surface area contributed by atoms with Crippen molar-refractivity contribution in [1.29, 1.82) is 0 Å². The molecule has 1 saturated heterocycles. The fourth-order valence-corrected chi connectivity index (χ4v) is 4.61. The summed E-state index contributed by atoms with van der Waals surface area (Å²) in [5.74, 6) is -0.980. The van der Waals surface area contributed by atoms with Crippen LogP contribution in [0, 0.1) is 6.92 Å². The van der Waals surface area contributed by atoms with E-state index in [-0.39, 0.29) is 29.5 Å². The number of nitrogens with zero attached hydrogens (tertiary/aromatic N) is 2. The van der Waals surface area contributed by atoms with Crippen molar-refractivity contribution in [2.45, 2.75) is 31.8 Å². The highest BCUT2D eigenvalue weighted by molar-refractivity contribution is 7.89. The van der Waals surface area contributed by atoms with Gasteiger partial charge in [0.25, 0.3) is 5.91 Å². The van der Waals surface area contributed by atoms with Gasteiger partial charge in [-0.15, -0.1) is 0 Å². The average Bonchev–Trinajstić information content (AvgIpc) is 2.62. The summed E-state index contributed by atoms with van der Waals surface area (Å²) in [6.07, 6.45) is -0.850. The molecule has 0 bridgehead atoms. The van der Waals surface area contributed by atoms with Crippen molar-refractivity contribution in [1.82, 2.24) is 9.21 Å². The van der Waals surface area contributed by atoms with Crippen LogP contribution in [0.15, 0.2) is 23.1 Å². The van der Waals surface area contributed by atoms with E-state index in [4.69, 9.17) is 10.5 Å². The summed E-state index contributed by atoms with van der Waals surface area (Å²) in [7, 11) is -3.68. The van der Waals surface area contributed by atoms with Gasteiger partial charge in [-0.05, 0) is 24.6 Å². The van der Waals surface area contributed by atoms with Crippen molar-refractivity contribution in [3.63, 3.8) is 0 Å². The molecule has 9 heteroatoms. The Morgan fingerprint density at radius 1 is 1.31 bits per heavy atom. The molecule has 1 fully saturated rings. The molecule has 0 radical (unpaired) electrons. The van der Waals surface area contributed by atoms with Crippen LogP contribution in [0.4, 0.5) is 0 Å². The SMILES string of the molecule is CCN(CC)S(=O)(=O)c1cc(C(=O)N2CCOC(C(N)=O)C2)ccc1C. The van der Waals surface area contributed by atoms with Crippen molar-refractivity contribution in [2.24, 2.45) is 5.73 Å². The molecule has 1 aromatic rings. The Hall–Kier alpha value is -1.97. The molecule has 1 unspecified atom stereocenters. The number of hydrogen-bond acceptors (Lipinski definition) is 5. The Kier molecular flexibility index (Phi) is 6.38. The second kappa shape index (κ2) is 8.15. The maximum atomic E-state index is 12.8. The van der Waals surface area contributed by atoms with Crippen LogP contribution in [0.5, 0.6) is 0 Å². The first kappa shape index (κ1) is 20.3. The number of ether oxygens (including phenoxy) is 1. The first-order valence-corrected chi connectivity index (χ1v) is 9.97. The van der Waals surface area contributed by atoms with Gasteiger partial charge in [-0.3, -0.25) is 9.59 Å². The standard InChI is InChI=1S/C17H25N3O5S/c1-4-20(5-2)26(23,24)15-10-13(7-6-12(15)3)17(22)19-8-9-25-14(11-19)16(18)21/h6-7,10,14H,4-5,8-9,11H2,1-3H3,(H2,18,21). The lowest BCUT2D eigenvalue weighted by Gasteiger charge is -2.31. The molecular formula is C17H25N3O5S. The van der Waals surface area contributed by atoms with Crippen molar-refractivity contribution in [3.05, 3.63) is 29.3 Å². The molecule has 0 aromatic heterocycles. The van der Waals surface area contributed by atoms with Gasteiger partial charge in [0.1, 0.15) is 0 Å². The zero-order valence-electron chi connectivity index (χ0n) is 15.3. The molecule has 2 rings (SSSR count). The van der Waals surface area contributed by atoms with Crippen LogP contribution in [0.25, 0.3) is 0 Å². The third kappa shape index (κ3) is 4.05. The largest absolute Gasteiger partial charge is 0.367 e. The van der Waals surface area contributed by atoms with Crippen molar-refractivity contribution in [2.75, 3.05) is 32.8 Å². The molecule has 144 valence electrons.